The molecule has 2 unspecified atom stereocenters. The van der Waals surface area contributed by atoms with Gasteiger partial charge in [0.05, 0.1) is 12.1 Å². The molecule has 1 N–H and O–H groups in total. The molecule has 2 atom stereocenters. The molecule has 11 heavy (non-hydrogen) atoms. The highest BCUT2D eigenvalue weighted by Gasteiger charge is 2.21. The van der Waals surface area contributed by atoms with Gasteiger partial charge in [0.2, 0.25) is 0 Å². The first-order chi connectivity index (χ1) is 5.04. The minimum absolute atomic E-state index is 0.0266. The monoisotopic (exact) mass is 153 g/mol. The second-order valence-electron chi connectivity index (χ2n) is 3.21. The van der Waals surface area contributed by atoms with Gasteiger partial charge in [0.15, 0.2) is 0 Å². The molecule has 0 amide bonds. The highest BCUT2D eigenvalue weighted by atomic mass is 16.3. The largest absolute Gasteiger partial charge is 0.387 e. The molecule has 0 aliphatic carbocycles. The number of dihydropyridines is 1. The van der Waals surface area contributed by atoms with Crippen LogP contribution in [0, 0.1) is 0 Å². The molecular formula is C9H15NO. The third-order valence-electron chi connectivity index (χ3n) is 2.43. The van der Waals surface area contributed by atoms with Gasteiger partial charge >= 0.3 is 0 Å². The van der Waals surface area contributed by atoms with Crippen LogP contribution < -0.4 is 0 Å². The summed E-state index contributed by atoms with van der Waals surface area (Å²) in [4.78, 5) is 4.30. The van der Waals surface area contributed by atoms with E-state index in [0.717, 1.165) is 16.9 Å². The first-order valence-corrected chi connectivity index (χ1v) is 3.94. The first-order valence-electron chi connectivity index (χ1n) is 3.94. The normalized spacial score (nSPS) is 32.3. The number of rotatable bonds is 0. The number of aliphatic hydroxyl groups is 1. The van der Waals surface area contributed by atoms with E-state index in [-0.39, 0.29) is 12.1 Å². The molecule has 0 radical (unpaired) electrons. The maximum atomic E-state index is 9.57. The van der Waals surface area contributed by atoms with Gasteiger partial charge < -0.3 is 5.11 Å². The first kappa shape index (κ1) is 8.47. The van der Waals surface area contributed by atoms with E-state index in [1.54, 1.807) is 0 Å². The van der Waals surface area contributed by atoms with Crippen LogP contribution in [0.4, 0.5) is 0 Å². The second-order valence-corrected chi connectivity index (χ2v) is 3.21. The summed E-state index contributed by atoms with van der Waals surface area (Å²) < 4.78 is 0. The van der Waals surface area contributed by atoms with Crippen molar-refractivity contribution in [2.45, 2.75) is 39.8 Å². The van der Waals surface area contributed by atoms with Crippen molar-refractivity contribution >= 4 is 5.71 Å². The predicted octanol–water partition coefficient (Wildman–Crippen LogP) is 1.55. The Morgan fingerprint density at radius 1 is 1.27 bits per heavy atom. The van der Waals surface area contributed by atoms with Crippen molar-refractivity contribution in [3.05, 3.63) is 11.1 Å². The Kier molecular flexibility index (Phi) is 2.14. The summed E-state index contributed by atoms with van der Waals surface area (Å²) in [5, 5.41) is 9.57. The zero-order chi connectivity index (χ0) is 8.59. The van der Waals surface area contributed by atoms with E-state index >= 15 is 0 Å². The zero-order valence-corrected chi connectivity index (χ0v) is 7.55. The van der Waals surface area contributed by atoms with Crippen LogP contribution in [0.25, 0.3) is 0 Å². The quantitative estimate of drug-likeness (QED) is 0.562. The van der Waals surface area contributed by atoms with E-state index in [0.29, 0.717) is 0 Å². The summed E-state index contributed by atoms with van der Waals surface area (Å²) in [6, 6.07) is 0.0266. The Morgan fingerprint density at radius 2 is 1.82 bits per heavy atom. The van der Waals surface area contributed by atoms with Crippen LogP contribution in [0.2, 0.25) is 0 Å². The van der Waals surface area contributed by atoms with E-state index < -0.39 is 0 Å². The Hall–Kier alpha value is -0.630. The van der Waals surface area contributed by atoms with Crippen molar-refractivity contribution in [2.24, 2.45) is 4.99 Å². The van der Waals surface area contributed by atoms with Crippen LogP contribution >= 0.6 is 0 Å². The van der Waals surface area contributed by atoms with Gasteiger partial charge in [-0.1, -0.05) is 0 Å². The Bertz CT molecular complexity index is 228. The summed E-state index contributed by atoms with van der Waals surface area (Å²) in [7, 11) is 0. The molecule has 0 saturated carbocycles. The number of hydrogen-bond acceptors (Lipinski definition) is 2. The van der Waals surface area contributed by atoms with E-state index in [9.17, 15) is 5.11 Å². The fourth-order valence-corrected chi connectivity index (χ4v) is 1.34. The molecule has 0 spiro atoms. The predicted molar refractivity (Wildman–Crippen MR) is 47.0 cm³/mol. The lowest BCUT2D eigenvalue weighted by atomic mass is 9.95. The molecule has 2 nitrogen and oxygen atoms in total. The lowest BCUT2D eigenvalue weighted by molar-refractivity contribution is 0.184. The van der Waals surface area contributed by atoms with Crippen molar-refractivity contribution in [3.63, 3.8) is 0 Å². The summed E-state index contributed by atoms with van der Waals surface area (Å²) >= 11 is 0. The molecule has 0 aromatic rings. The number of aliphatic hydroxyl groups excluding tert-OH is 1. The maximum absolute atomic E-state index is 9.57. The molecule has 1 aliphatic heterocycles. The Morgan fingerprint density at radius 3 is 2.36 bits per heavy atom. The average molecular weight is 153 g/mol. The van der Waals surface area contributed by atoms with E-state index in [4.69, 9.17) is 0 Å². The average Bonchev–Trinajstić information content (AvgIpc) is 1.97. The van der Waals surface area contributed by atoms with Crippen LogP contribution in [0.15, 0.2) is 16.1 Å². The molecule has 1 aliphatic rings. The van der Waals surface area contributed by atoms with Gasteiger partial charge in [-0.05, 0) is 38.8 Å². The molecule has 1 heterocycles. The third-order valence-corrected chi connectivity index (χ3v) is 2.43. The van der Waals surface area contributed by atoms with Crippen LogP contribution in [-0.4, -0.2) is 23.0 Å². The minimum Gasteiger partial charge on any atom is -0.387 e. The van der Waals surface area contributed by atoms with Gasteiger partial charge in [-0.15, -0.1) is 0 Å². The lowest BCUT2D eigenvalue weighted by Crippen LogP contribution is -2.29. The topological polar surface area (TPSA) is 32.6 Å². The highest BCUT2D eigenvalue weighted by Crippen LogP contribution is 2.20. The molecule has 0 saturated heterocycles. The van der Waals surface area contributed by atoms with Gasteiger partial charge in [-0.25, -0.2) is 0 Å². The van der Waals surface area contributed by atoms with Crippen molar-refractivity contribution in [1.29, 1.82) is 0 Å². The second kappa shape index (κ2) is 2.78. The van der Waals surface area contributed by atoms with E-state index in [1.807, 2.05) is 27.7 Å². The number of hydrogen-bond donors (Lipinski definition) is 1. The minimum atomic E-state index is -0.376. The number of nitrogens with zero attached hydrogens (tertiary/aromatic N) is 1. The SMILES string of the molecule is CC1=NC(C)C(O)C(C)=C1C. The Labute approximate surface area is 67.7 Å². The molecular weight excluding hydrogens is 138 g/mol. The van der Waals surface area contributed by atoms with Crippen molar-refractivity contribution in [3.8, 4) is 0 Å². The van der Waals surface area contributed by atoms with Crippen molar-refractivity contribution in [1.82, 2.24) is 0 Å². The molecule has 0 bridgehead atoms. The number of aliphatic imine (C=N–C) groups is 1. The van der Waals surface area contributed by atoms with Crippen LogP contribution in [0.3, 0.4) is 0 Å². The molecule has 2 heteroatoms. The van der Waals surface area contributed by atoms with E-state index in [2.05, 4.69) is 4.99 Å². The highest BCUT2D eigenvalue weighted by molar-refractivity contribution is 5.99. The third kappa shape index (κ3) is 1.36. The number of allylic oxidation sites excluding steroid dienone is 1. The fraction of sp³-hybridized carbons (Fsp3) is 0.667. The zero-order valence-electron chi connectivity index (χ0n) is 7.55. The van der Waals surface area contributed by atoms with Gasteiger partial charge in [-0.3, -0.25) is 4.99 Å². The van der Waals surface area contributed by atoms with Gasteiger partial charge in [0, 0.05) is 5.71 Å². The Balaban J connectivity index is 3.02. The standard InChI is InChI=1S/C9H15NO/c1-5-6(2)9(11)8(4)10-7(5)3/h8-9,11H,1-4H3. The van der Waals surface area contributed by atoms with Crippen LogP contribution in [0.5, 0.6) is 0 Å². The van der Waals surface area contributed by atoms with Crippen LogP contribution in [-0.2, 0) is 0 Å². The molecule has 0 fully saturated rings. The summed E-state index contributed by atoms with van der Waals surface area (Å²) in [6.45, 7) is 7.89. The lowest BCUT2D eigenvalue weighted by Gasteiger charge is -2.24. The molecule has 1 rings (SSSR count). The maximum Gasteiger partial charge on any atom is 0.0974 e. The molecule has 0 aromatic heterocycles. The fourth-order valence-electron chi connectivity index (χ4n) is 1.34. The summed E-state index contributed by atoms with van der Waals surface area (Å²) in [5.41, 5.74) is 3.25. The summed E-state index contributed by atoms with van der Waals surface area (Å²) in [5.74, 6) is 0. The smallest absolute Gasteiger partial charge is 0.0974 e. The molecule has 0 aromatic carbocycles. The van der Waals surface area contributed by atoms with Gasteiger partial charge in [0.25, 0.3) is 0 Å². The van der Waals surface area contributed by atoms with Gasteiger partial charge in [0.1, 0.15) is 0 Å². The van der Waals surface area contributed by atoms with Crippen molar-refractivity contribution < 1.29 is 5.11 Å². The molecule has 62 valence electrons. The van der Waals surface area contributed by atoms with E-state index in [1.165, 1.54) is 0 Å². The summed E-state index contributed by atoms with van der Waals surface area (Å²) in [6.07, 6.45) is -0.376. The van der Waals surface area contributed by atoms with Crippen molar-refractivity contribution in [2.75, 3.05) is 0 Å². The van der Waals surface area contributed by atoms with Gasteiger partial charge in [-0.2, -0.15) is 0 Å². The van der Waals surface area contributed by atoms with Crippen LogP contribution in [0.1, 0.15) is 27.7 Å².